The number of amides is 1. The van der Waals surface area contributed by atoms with E-state index in [-0.39, 0.29) is 18.6 Å². The van der Waals surface area contributed by atoms with Crippen LogP contribution in [-0.4, -0.2) is 40.1 Å². The van der Waals surface area contributed by atoms with Gasteiger partial charge in [-0.25, -0.2) is 0 Å². The molecule has 0 bridgehead atoms. The molecule has 2 aromatic rings. The number of aromatic amines is 1. The van der Waals surface area contributed by atoms with Crippen LogP contribution in [-0.2, 0) is 0 Å². The Morgan fingerprint density at radius 2 is 2.25 bits per heavy atom. The lowest BCUT2D eigenvalue weighted by atomic mass is 10.1. The Hall–Kier alpha value is -1.81. The van der Waals surface area contributed by atoms with Crippen LogP contribution in [0, 0.1) is 13.8 Å². The number of nitrogens with one attached hydrogen (secondary N) is 1. The highest BCUT2D eigenvalue weighted by Gasteiger charge is 2.28. The Morgan fingerprint density at radius 3 is 3.00 bits per heavy atom. The van der Waals surface area contributed by atoms with E-state index in [0.29, 0.717) is 5.56 Å². The number of nitrogens with zero attached hydrogens (tertiary/aromatic N) is 1. The lowest BCUT2D eigenvalue weighted by Gasteiger charge is -2.23. The van der Waals surface area contributed by atoms with Crippen LogP contribution < -0.4 is 0 Å². The van der Waals surface area contributed by atoms with Crippen molar-refractivity contribution in [2.45, 2.75) is 32.7 Å². The minimum Gasteiger partial charge on any atom is -0.394 e. The second kappa shape index (κ2) is 4.94. The van der Waals surface area contributed by atoms with Gasteiger partial charge in [-0.3, -0.25) is 4.79 Å². The fourth-order valence-corrected chi connectivity index (χ4v) is 3.05. The van der Waals surface area contributed by atoms with Crippen LogP contribution in [0.3, 0.4) is 0 Å². The van der Waals surface area contributed by atoms with E-state index in [1.54, 1.807) is 4.90 Å². The van der Waals surface area contributed by atoms with Crippen LogP contribution >= 0.6 is 0 Å². The number of aliphatic hydroxyl groups excluding tert-OH is 1. The van der Waals surface area contributed by atoms with Crippen molar-refractivity contribution in [2.24, 2.45) is 0 Å². The second-order valence-corrected chi connectivity index (χ2v) is 5.61. The molecule has 2 heterocycles. The van der Waals surface area contributed by atoms with Gasteiger partial charge in [-0.2, -0.15) is 0 Å². The Balaban J connectivity index is 1.97. The number of hydrogen-bond donors (Lipinski definition) is 2. The van der Waals surface area contributed by atoms with Gasteiger partial charge in [-0.15, -0.1) is 0 Å². The van der Waals surface area contributed by atoms with Crippen molar-refractivity contribution < 1.29 is 9.90 Å². The van der Waals surface area contributed by atoms with Gasteiger partial charge in [0, 0.05) is 28.7 Å². The number of likely N-dealkylation sites (tertiary alicyclic amines) is 1. The first kappa shape index (κ1) is 13.2. The van der Waals surface area contributed by atoms with Crippen molar-refractivity contribution in [2.75, 3.05) is 13.2 Å². The molecule has 0 saturated carbocycles. The molecule has 1 aromatic carbocycles. The van der Waals surface area contributed by atoms with Gasteiger partial charge in [-0.05, 0) is 50.5 Å². The molecule has 4 heteroatoms. The summed E-state index contributed by atoms with van der Waals surface area (Å²) in [7, 11) is 0. The van der Waals surface area contributed by atoms with Crippen LogP contribution in [0.2, 0.25) is 0 Å². The van der Waals surface area contributed by atoms with Gasteiger partial charge < -0.3 is 15.0 Å². The van der Waals surface area contributed by atoms with Gasteiger partial charge in [0.15, 0.2) is 0 Å². The minimum absolute atomic E-state index is 0.0211. The molecule has 106 valence electrons. The number of carbonyl (C=O) groups excluding carboxylic acids is 1. The van der Waals surface area contributed by atoms with Gasteiger partial charge in [0.2, 0.25) is 0 Å². The number of fused-ring (bicyclic) bond motifs is 1. The van der Waals surface area contributed by atoms with Gasteiger partial charge in [0.1, 0.15) is 0 Å². The Bertz CT molecular complexity index is 660. The molecule has 0 radical (unpaired) electrons. The molecule has 1 atom stereocenters. The van der Waals surface area contributed by atoms with E-state index in [1.165, 1.54) is 5.56 Å². The summed E-state index contributed by atoms with van der Waals surface area (Å²) < 4.78 is 0. The molecule has 20 heavy (non-hydrogen) atoms. The second-order valence-electron chi connectivity index (χ2n) is 5.61. The smallest absolute Gasteiger partial charge is 0.254 e. The molecule has 1 aromatic heterocycles. The summed E-state index contributed by atoms with van der Waals surface area (Å²) >= 11 is 0. The maximum atomic E-state index is 12.6. The molecular weight excluding hydrogens is 252 g/mol. The fourth-order valence-electron chi connectivity index (χ4n) is 3.05. The van der Waals surface area contributed by atoms with Crippen molar-refractivity contribution in [3.05, 3.63) is 35.0 Å². The standard InChI is InChI=1S/C16H20N2O2/c1-10-11(2)17-15-6-5-12(8-14(10)15)16(20)18-7-3-4-13(18)9-19/h5-6,8,13,17,19H,3-4,7,9H2,1-2H3. The molecule has 2 N–H and O–H groups in total. The number of aromatic nitrogens is 1. The molecule has 1 saturated heterocycles. The molecular formula is C16H20N2O2. The molecule has 4 nitrogen and oxygen atoms in total. The highest BCUT2D eigenvalue weighted by atomic mass is 16.3. The van der Waals surface area contributed by atoms with Gasteiger partial charge >= 0.3 is 0 Å². The van der Waals surface area contributed by atoms with Crippen molar-refractivity contribution in [1.29, 1.82) is 0 Å². The molecule has 1 fully saturated rings. The third-order valence-corrected chi connectivity index (χ3v) is 4.40. The van der Waals surface area contributed by atoms with Gasteiger partial charge in [0.05, 0.1) is 12.6 Å². The summed E-state index contributed by atoms with van der Waals surface area (Å²) in [5.74, 6) is 0.0294. The normalized spacial score (nSPS) is 18.9. The number of H-pyrrole nitrogens is 1. The highest BCUT2D eigenvalue weighted by Crippen LogP contribution is 2.25. The van der Waals surface area contributed by atoms with Crippen molar-refractivity contribution in [3.8, 4) is 0 Å². The lowest BCUT2D eigenvalue weighted by Crippen LogP contribution is -2.37. The first-order chi connectivity index (χ1) is 9.61. The Labute approximate surface area is 118 Å². The number of aliphatic hydroxyl groups is 1. The Morgan fingerprint density at radius 1 is 1.45 bits per heavy atom. The summed E-state index contributed by atoms with van der Waals surface area (Å²) in [5.41, 5.74) is 4.10. The van der Waals surface area contributed by atoms with Crippen LogP contribution in [0.5, 0.6) is 0 Å². The van der Waals surface area contributed by atoms with E-state index in [2.05, 4.69) is 11.9 Å². The largest absolute Gasteiger partial charge is 0.394 e. The number of aryl methyl sites for hydroxylation is 2. The SMILES string of the molecule is Cc1[nH]c2ccc(C(=O)N3CCCC3CO)cc2c1C. The predicted octanol–water partition coefficient (Wildman–Crippen LogP) is 2.38. The quantitative estimate of drug-likeness (QED) is 0.882. The van der Waals surface area contributed by atoms with Crippen molar-refractivity contribution in [1.82, 2.24) is 9.88 Å². The van der Waals surface area contributed by atoms with Crippen LogP contribution in [0.4, 0.5) is 0 Å². The zero-order chi connectivity index (χ0) is 14.3. The maximum absolute atomic E-state index is 12.6. The first-order valence-electron chi connectivity index (χ1n) is 7.12. The molecule has 0 aliphatic carbocycles. The number of benzene rings is 1. The summed E-state index contributed by atoms with van der Waals surface area (Å²) in [4.78, 5) is 17.7. The molecule has 1 unspecified atom stereocenters. The summed E-state index contributed by atoms with van der Waals surface area (Å²) in [6.07, 6.45) is 1.87. The zero-order valence-electron chi connectivity index (χ0n) is 11.9. The molecule has 1 aliphatic rings. The summed E-state index contributed by atoms with van der Waals surface area (Å²) in [6, 6.07) is 5.77. The zero-order valence-corrected chi connectivity index (χ0v) is 11.9. The van der Waals surface area contributed by atoms with Crippen LogP contribution in [0.15, 0.2) is 18.2 Å². The van der Waals surface area contributed by atoms with E-state index in [1.807, 2.05) is 25.1 Å². The maximum Gasteiger partial charge on any atom is 0.254 e. The van der Waals surface area contributed by atoms with Crippen molar-refractivity contribution in [3.63, 3.8) is 0 Å². The monoisotopic (exact) mass is 272 g/mol. The molecule has 0 spiro atoms. The molecule has 1 aliphatic heterocycles. The lowest BCUT2D eigenvalue weighted by molar-refractivity contribution is 0.0678. The Kier molecular flexibility index (Phi) is 3.26. The minimum atomic E-state index is -0.0211. The van der Waals surface area contributed by atoms with Crippen LogP contribution in [0.1, 0.15) is 34.5 Å². The average molecular weight is 272 g/mol. The fraction of sp³-hybridized carbons (Fsp3) is 0.438. The molecule has 1 amide bonds. The van der Waals surface area contributed by atoms with Gasteiger partial charge in [0.25, 0.3) is 5.91 Å². The molecule has 3 rings (SSSR count). The van der Waals surface area contributed by atoms with E-state index < -0.39 is 0 Å². The predicted molar refractivity (Wildman–Crippen MR) is 78.9 cm³/mol. The number of hydrogen-bond acceptors (Lipinski definition) is 2. The van der Waals surface area contributed by atoms with E-state index >= 15 is 0 Å². The highest BCUT2D eigenvalue weighted by molar-refractivity contribution is 5.99. The third-order valence-electron chi connectivity index (χ3n) is 4.40. The number of carbonyl (C=O) groups is 1. The van der Waals surface area contributed by atoms with Crippen molar-refractivity contribution >= 4 is 16.8 Å². The average Bonchev–Trinajstić information content (AvgIpc) is 3.04. The van der Waals surface area contributed by atoms with Gasteiger partial charge in [-0.1, -0.05) is 0 Å². The van der Waals surface area contributed by atoms with E-state index in [9.17, 15) is 9.90 Å². The third kappa shape index (κ3) is 2.00. The van der Waals surface area contributed by atoms with E-state index in [4.69, 9.17) is 0 Å². The summed E-state index contributed by atoms with van der Waals surface area (Å²) in [6.45, 7) is 4.90. The topological polar surface area (TPSA) is 56.3 Å². The number of rotatable bonds is 2. The summed E-state index contributed by atoms with van der Waals surface area (Å²) in [5, 5.41) is 10.5. The van der Waals surface area contributed by atoms with Crippen LogP contribution in [0.25, 0.3) is 10.9 Å². The van der Waals surface area contributed by atoms with E-state index in [0.717, 1.165) is 36.0 Å². The first-order valence-corrected chi connectivity index (χ1v) is 7.12.